The van der Waals surface area contributed by atoms with Crippen molar-refractivity contribution < 1.29 is 9.47 Å². The molecule has 5 unspecified atom stereocenters. The second kappa shape index (κ2) is 13.1. The minimum absolute atomic E-state index is 0.198. The summed E-state index contributed by atoms with van der Waals surface area (Å²) in [6, 6.07) is 0.198. The lowest BCUT2D eigenvalue weighted by Crippen LogP contribution is -2.56. The molecule has 0 radical (unpaired) electrons. The zero-order valence-electron chi connectivity index (χ0n) is 18.5. The monoisotopic (exact) mass is 369 g/mol. The summed E-state index contributed by atoms with van der Waals surface area (Å²) in [6.45, 7) is 10.9. The molecule has 0 aromatic heterocycles. The number of nitrogens with two attached hydrogens (primary N) is 1. The highest BCUT2D eigenvalue weighted by Crippen LogP contribution is 2.52. The molecule has 0 bridgehead atoms. The summed E-state index contributed by atoms with van der Waals surface area (Å²) in [4.78, 5) is 0. The largest absolute Gasteiger partial charge is 0.381 e. The van der Waals surface area contributed by atoms with E-state index in [4.69, 9.17) is 15.2 Å². The van der Waals surface area contributed by atoms with E-state index in [1.807, 2.05) is 34.8 Å². The van der Waals surface area contributed by atoms with Crippen molar-refractivity contribution in [2.24, 2.45) is 29.4 Å². The number of hydrogen-bond acceptors (Lipinski definition) is 3. The van der Waals surface area contributed by atoms with Crippen molar-refractivity contribution in [3.8, 4) is 0 Å². The predicted molar refractivity (Wildman–Crippen MR) is 112 cm³/mol. The molecule has 0 aromatic carbocycles. The standard InChI is InChI=1S/C19H35NO2.2C2H6/c1-3-13(20)12-22-19-16-10-6-4-8-14(16)18(21-2)15-9-5-7-11-17(15)19;2*1-2/h13-19H,3-12,20H2,1-2H3;2*1-2H3. The van der Waals surface area contributed by atoms with Gasteiger partial charge in [-0.3, -0.25) is 0 Å². The van der Waals surface area contributed by atoms with Gasteiger partial charge in [-0.2, -0.15) is 0 Å². The van der Waals surface area contributed by atoms with Crippen LogP contribution in [-0.4, -0.2) is 32.0 Å². The van der Waals surface area contributed by atoms with Crippen LogP contribution in [0.3, 0.4) is 0 Å². The van der Waals surface area contributed by atoms with Crippen LogP contribution in [0.25, 0.3) is 0 Å². The van der Waals surface area contributed by atoms with Crippen molar-refractivity contribution in [1.29, 1.82) is 0 Å². The molecule has 0 aromatic rings. The fourth-order valence-electron chi connectivity index (χ4n) is 5.59. The first kappa shape index (κ1) is 23.9. The topological polar surface area (TPSA) is 44.5 Å². The van der Waals surface area contributed by atoms with Gasteiger partial charge in [0.25, 0.3) is 0 Å². The molecule has 3 nitrogen and oxygen atoms in total. The molecule has 0 spiro atoms. The van der Waals surface area contributed by atoms with Gasteiger partial charge in [0.2, 0.25) is 0 Å². The van der Waals surface area contributed by atoms with E-state index < -0.39 is 0 Å². The molecule has 26 heavy (non-hydrogen) atoms. The summed E-state index contributed by atoms with van der Waals surface area (Å²) in [5, 5.41) is 0. The van der Waals surface area contributed by atoms with Crippen LogP contribution in [0.4, 0.5) is 0 Å². The lowest BCUT2D eigenvalue weighted by molar-refractivity contribution is -0.174. The summed E-state index contributed by atoms with van der Waals surface area (Å²) in [6.07, 6.45) is 12.8. The Kier molecular flexibility index (Phi) is 12.1. The smallest absolute Gasteiger partial charge is 0.0639 e. The van der Waals surface area contributed by atoms with Crippen molar-refractivity contribution in [3.63, 3.8) is 0 Å². The van der Waals surface area contributed by atoms with Crippen LogP contribution in [0.5, 0.6) is 0 Å². The number of rotatable bonds is 5. The minimum Gasteiger partial charge on any atom is -0.381 e. The fraction of sp³-hybridized carbons (Fsp3) is 1.00. The molecular weight excluding hydrogens is 322 g/mol. The zero-order chi connectivity index (χ0) is 19.5. The predicted octanol–water partition coefficient (Wildman–Crippen LogP) is 5.80. The number of methoxy groups -OCH3 is 1. The van der Waals surface area contributed by atoms with Crippen LogP contribution in [0.1, 0.15) is 92.4 Å². The average molecular weight is 370 g/mol. The van der Waals surface area contributed by atoms with Crippen molar-refractivity contribution in [2.45, 2.75) is 111 Å². The van der Waals surface area contributed by atoms with Gasteiger partial charge in [0, 0.05) is 13.2 Å². The van der Waals surface area contributed by atoms with E-state index in [9.17, 15) is 0 Å². The molecule has 0 saturated heterocycles. The Balaban J connectivity index is 0.000000791. The van der Waals surface area contributed by atoms with Crippen LogP contribution in [-0.2, 0) is 9.47 Å². The second-order valence-corrected chi connectivity index (χ2v) is 7.89. The van der Waals surface area contributed by atoms with Crippen LogP contribution in [0, 0.1) is 23.7 Å². The Morgan fingerprint density at radius 2 is 1.15 bits per heavy atom. The first-order valence-corrected chi connectivity index (χ1v) is 11.7. The van der Waals surface area contributed by atoms with Gasteiger partial charge in [0.15, 0.2) is 0 Å². The third-order valence-electron chi connectivity index (χ3n) is 6.74. The molecule has 0 amide bonds. The van der Waals surface area contributed by atoms with Crippen molar-refractivity contribution >= 4 is 0 Å². The molecule has 3 saturated carbocycles. The van der Waals surface area contributed by atoms with E-state index in [-0.39, 0.29) is 6.04 Å². The van der Waals surface area contributed by atoms with Crippen LogP contribution in [0.2, 0.25) is 0 Å². The third-order valence-corrected chi connectivity index (χ3v) is 6.74. The first-order valence-electron chi connectivity index (χ1n) is 11.7. The molecule has 2 N–H and O–H groups in total. The van der Waals surface area contributed by atoms with Crippen LogP contribution >= 0.6 is 0 Å². The Labute approximate surface area is 163 Å². The second-order valence-electron chi connectivity index (χ2n) is 7.89. The lowest BCUT2D eigenvalue weighted by atomic mass is 9.57. The number of ether oxygens (including phenoxy) is 2. The highest BCUT2D eigenvalue weighted by atomic mass is 16.5. The molecule has 0 aliphatic heterocycles. The molecular formula is C23H47NO2. The first-order chi connectivity index (χ1) is 12.8. The highest BCUT2D eigenvalue weighted by molar-refractivity contribution is 5.01. The summed E-state index contributed by atoms with van der Waals surface area (Å²) < 4.78 is 12.5. The van der Waals surface area contributed by atoms with Crippen LogP contribution < -0.4 is 5.73 Å². The Hall–Kier alpha value is -0.120. The maximum absolute atomic E-state index is 6.49. The Bertz CT molecular complexity index is 325. The SMILES string of the molecule is CC.CC.CCC(N)COC1C2CCCCC2C(OC)C2CCCCC21. The Morgan fingerprint density at radius 1 is 0.769 bits per heavy atom. The van der Waals surface area contributed by atoms with E-state index in [1.165, 1.54) is 51.4 Å². The van der Waals surface area contributed by atoms with E-state index in [2.05, 4.69) is 6.92 Å². The molecule has 5 atom stereocenters. The lowest BCUT2D eigenvalue weighted by Gasteiger charge is -2.54. The summed E-state index contributed by atoms with van der Waals surface area (Å²) in [7, 11) is 1.94. The van der Waals surface area contributed by atoms with Gasteiger partial charge in [-0.25, -0.2) is 0 Å². The number of hydrogen-bond donors (Lipinski definition) is 1. The molecule has 3 rings (SSSR count). The fourth-order valence-corrected chi connectivity index (χ4v) is 5.59. The molecule has 156 valence electrons. The quantitative estimate of drug-likeness (QED) is 0.666. The van der Waals surface area contributed by atoms with Crippen molar-refractivity contribution in [2.75, 3.05) is 13.7 Å². The summed E-state index contributed by atoms with van der Waals surface area (Å²) in [5.74, 6) is 2.87. The maximum Gasteiger partial charge on any atom is 0.0639 e. The molecule has 3 aliphatic rings. The van der Waals surface area contributed by atoms with Gasteiger partial charge in [-0.1, -0.05) is 60.3 Å². The minimum atomic E-state index is 0.198. The van der Waals surface area contributed by atoms with E-state index in [1.54, 1.807) is 0 Å². The molecule has 3 heteroatoms. The van der Waals surface area contributed by atoms with Gasteiger partial charge in [-0.15, -0.1) is 0 Å². The molecule has 3 aliphatic carbocycles. The van der Waals surface area contributed by atoms with Gasteiger partial charge in [0.1, 0.15) is 0 Å². The maximum atomic E-state index is 6.49. The van der Waals surface area contributed by atoms with Crippen molar-refractivity contribution in [3.05, 3.63) is 0 Å². The average Bonchev–Trinajstić information content (AvgIpc) is 2.73. The number of fused-ring (bicyclic) bond motifs is 2. The van der Waals surface area contributed by atoms with E-state index in [0.29, 0.717) is 24.0 Å². The highest BCUT2D eigenvalue weighted by Gasteiger charge is 2.51. The summed E-state index contributed by atoms with van der Waals surface area (Å²) in [5.41, 5.74) is 6.13. The van der Waals surface area contributed by atoms with Crippen molar-refractivity contribution in [1.82, 2.24) is 0 Å². The molecule has 0 heterocycles. The van der Waals surface area contributed by atoms with E-state index >= 15 is 0 Å². The van der Waals surface area contributed by atoms with Gasteiger partial charge in [-0.05, 0) is 55.8 Å². The Morgan fingerprint density at radius 3 is 1.50 bits per heavy atom. The third kappa shape index (κ3) is 5.69. The normalized spacial score (nSPS) is 37.0. The zero-order valence-corrected chi connectivity index (χ0v) is 18.5. The molecule has 3 fully saturated rings. The summed E-state index contributed by atoms with van der Waals surface area (Å²) >= 11 is 0. The van der Waals surface area contributed by atoms with Gasteiger partial charge in [0.05, 0.1) is 18.8 Å². The van der Waals surface area contributed by atoms with Gasteiger partial charge < -0.3 is 15.2 Å². The van der Waals surface area contributed by atoms with Gasteiger partial charge >= 0.3 is 0 Å². The van der Waals surface area contributed by atoms with Crippen LogP contribution in [0.15, 0.2) is 0 Å². The van der Waals surface area contributed by atoms with E-state index in [0.717, 1.165) is 24.9 Å².